The lowest BCUT2D eigenvalue weighted by atomic mass is 9.48. The molecule has 2 unspecified atom stereocenters. The lowest BCUT2D eigenvalue weighted by Crippen LogP contribution is -2.79. The van der Waals surface area contributed by atoms with Crippen molar-refractivity contribution < 1.29 is 46.5 Å². The molecule has 0 N–H and O–H groups in total. The van der Waals surface area contributed by atoms with Crippen molar-refractivity contribution in [1.82, 2.24) is 9.80 Å². The average molecular weight is 683 g/mol. The smallest absolute Gasteiger partial charge is 0.483 e. The van der Waals surface area contributed by atoms with Crippen molar-refractivity contribution in [2.45, 2.75) is 88.9 Å². The Kier molecular flexibility index (Phi) is 9.06. The Labute approximate surface area is 283 Å². The molecule has 12 heteroatoms. The standard InChI is InChI=1S/C37H41F3N2O7/c1-6-17-41-18-16-35-32-26-11-12-29(46-23(4)43)33(32)47-34(35)28(14-15-36(35,30(41)20-26)48-24(5)44)42(21-22(2)3)31(45)13-10-25-8-7-9-27(19-25)49-37(38,39)40/h6-13,19,22,28,30,34H,1,14-18,20-21H2,2-5H3/t28?,30-,34?,35+,36-/m1/s1. The van der Waals surface area contributed by atoms with Crippen molar-refractivity contribution in [3.63, 3.8) is 0 Å². The Balaban J connectivity index is 1.44. The van der Waals surface area contributed by atoms with Gasteiger partial charge in [-0.2, -0.15) is 0 Å². The predicted molar refractivity (Wildman–Crippen MR) is 174 cm³/mol. The summed E-state index contributed by atoms with van der Waals surface area (Å²) >= 11 is 0. The first kappa shape index (κ1) is 34.5. The fraction of sp³-hybridized carbons (Fsp3) is 0.486. The number of amides is 1. The first-order valence-corrected chi connectivity index (χ1v) is 16.6. The third kappa shape index (κ3) is 6.08. The van der Waals surface area contributed by atoms with Crippen molar-refractivity contribution in [3.05, 3.63) is 71.8 Å². The Morgan fingerprint density at radius 2 is 1.92 bits per heavy atom. The highest BCUT2D eigenvalue weighted by Gasteiger charge is 2.75. The quantitative estimate of drug-likeness (QED) is 0.131. The van der Waals surface area contributed by atoms with Crippen LogP contribution in [0.4, 0.5) is 13.2 Å². The number of nitrogens with zero attached hydrogens (tertiary/aromatic N) is 2. The van der Waals surface area contributed by atoms with E-state index in [4.69, 9.17) is 14.2 Å². The third-order valence-electron chi connectivity index (χ3n) is 10.2. The fourth-order valence-electron chi connectivity index (χ4n) is 8.83. The first-order chi connectivity index (χ1) is 23.2. The number of alkyl halides is 3. The summed E-state index contributed by atoms with van der Waals surface area (Å²) in [6, 6.07) is 8.44. The predicted octanol–water partition coefficient (Wildman–Crippen LogP) is 5.99. The zero-order chi connectivity index (χ0) is 35.3. The minimum atomic E-state index is -4.85. The lowest BCUT2D eigenvalue weighted by molar-refractivity contribution is -0.274. The van der Waals surface area contributed by atoms with Gasteiger partial charge in [-0.25, -0.2) is 0 Å². The van der Waals surface area contributed by atoms with E-state index in [1.165, 1.54) is 44.2 Å². The SMILES string of the molecule is C=CCN1CC[C@]23c4c5ccc(OC(C)=O)c4OC2C(N(CC(C)C)C(=O)C=Cc2cccc(OC(F)(F)F)c2)CC[C@@]3(OC(C)=O)[C@H]1C5. The van der Waals surface area contributed by atoms with Crippen molar-refractivity contribution in [2.75, 3.05) is 19.6 Å². The summed E-state index contributed by atoms with van der Waals surface area (Å²) in [7, 11) is 0. The monoisotopic (exact) mass is 682 g/mol. The molecule has 5 atom stereocenters. The number of hydrogen-bond acceptors (Lipinski definition) is 8. The lowest BCUT2D eigenvalue weighted by Gasteiger charge is -2.65. The van der Waals surface area contributed by atoms with Crippen LogP contribution in [-0.2, 0) is 31.0 Å². The van der Waals surface area contributed by atoms with Crippen LogP contribution in [0.2, 0.25) is 0 Å². The van der Waals surface area contributed by atoms with Gasteiger partial charge < -0.3 is 23.8 Å². The maximum absolute atomic E-state index is 14.2. The number of esters is 2. The van der Waals surface area contributed by atoms with Crippen LogP contribution in [0.1, 0.15) is 63.6 Å². The van der Waals surface area contributed by atoms with E-state index in [2.05, 4.69) is 16.2 Å². The summed E-state index contributed by atoms with van der Waals surface area (Å²) in [5, 5.41) is 0. The van der Waals surface area contributed by atoms with E-state index in [0.29, 0.717) is 56.6 Å². The summed E-state index contributed by atoms with van der Waals surface area (Å²) < 4.78 is 61.7. The van der Waals surface area contributed by atoms with Crippen LogP contribution in [-0.4, -0.2) is 77.4 Å². The second-order valence-electron chi connectivity index (χ2n) is 13.7. The van der Waals surface area contributed by atoms with Gasteiger partial charge in [0.1, 0.15) is 17.5 Å². The Bertz CT molecular complexity index is 1690. The van der Waals surface area contributed by atoms with E-state index in [-0.39, 0.29) is 29.4 Å². The molecule has 2 aliphatic heterocycles. The maximum Gasteiger partial charge on any atom is 0.573 e. The molecule has 1 spiro atoms. The van der Waals surface area contributed by atoms with E-state index >= 15 is 0 Å². The molecule has 2 aliphatic carbocycles. The molecule has 1 amide bonds. The van der Waals surface area contributed by atoms with E-state index < -0.39 is 41.5 Å². The number of likely N-dealkylation sites (tertiary alicyclic amines) is 1. The number of halogens is 3. The molecule has 2 aromatic carbocycles. The van der Waals surface area contributed by atoms with Crippen LogP contribution in [0.25, 0.3) is 6.08 Å². The topological polar surface area (TPSA) is 94.6 Å². The molecule has 0 aromatic heterocycles. The number of carbonyl (C=O) groups is 3. The van der Waals surface area contributed by atoms with Gasteiger partial charge >= 0.3 is 18.3 Å². The van der Waals surface area contributed by atoms with Gasteiger partial charge in [-0.15, -0.1) is 19.8 Å². The number of piperidine rings is 1. The van der Waals surface area contributed by atoms with Crippen LogP contribution in [0.3, 0.4) is 0 Å². The summed E-state index contributed by atoms with van der Waals surface area (Å²) in [6.45, 7) is 12.3. The molecule has 2 fully saturated rings. The molecular weight excluding hydrogens is 641 g/mol. The number of benzene rings is 2. The molecule has 9 nitrogen and oxygen atoms in total. The largest absolute Gasteiger partial charge is 0.573 e. The van der Waals surface area contributed by atoms with Gasteiger partial charge in [0.05, 0.1) is 17.5 Å². The van der Waals surface area contributed by atoms with E-state index in [1.807, 2.05) is 26.0 Å². The Morgan fingerprint density at radius 3 is 2.59 bits per heavy atom. The molecular formula is C37H41F3N2O7. The van der Waals surface area contributed by atoms with Gasteiger partial charge in [0, 0.05) is 45.1 Å². The van der Waals surface area contributed by atoms with E-state index in [0.717, 1.165) is 11.1 Å². The van der Waals surface area contributed by atoms with Gasteiger partial charge in [-0.05, 0) is 67.0 Å². The van der Waals surface area contributed by atoms with Crippen molar-refractivity contribution in [2.24, 2.45) is 5.92 Å². The van der Waals surface area contributed by atoms with Crippen LogP contribution in [0, 0.1) is 5.92 Å². The Morgan fingerprint density at radius 1 is 1.14 bits per heavy atom. The molecule has 4 aliphatic rings. The molecule has 1 saturated carbocycles. The molecule has 49 heavy (non-hydrogen) atoms. The molecule has 2 bridgehead atoms. The van der Waals surface area contributed by atoms with Gasteiger partial charge in [-0.3, -0.25) is 19.3 Å². The summed E-state index contributed by atoms with van der Waals surface area (Å²) in [5.74, 6) is -0.872. The maximum atomic E-state index is 14.2. The number of hydrogen-bond donors (Lipinski definition) is 0. The van der Waals surface area contributed by atoms with Crippen molar-refractivity contribution >= 4 is 23.9 Å². The van der Waals surface area contributed by atoms with Gasteiger partial charge in [0.2, 0.25) is 5.91 Å². The molecule has 2 aromatic rings. The average Bonchev–Trinajstić information content (AvgIpc) is 3.36. The second-order valence-corrected chi connectivity index (χ2v) is 13.7. The van der Waals surface area contributed by atoms with Gasteiger partial charge in [-0.1, -0.05) is 38.1 Å². The van der Waals surface area contributed by atoms with Crippen molar-refractivity contribution in [3.8, 4) is 17.2 Å². The highest BCUT2D eigenvalue weighted by atomic mass is 19.4. The van der Waals surface area contributed by atoms with Crippen molar-refractivity contribution in [1.29, 1.82) is 0 Å². The van der Waals surface area contributed by atoms with Gasteiger partial charge in [0.25, 0.3) is 0 Å². The highest BCUT2D eigenvalue weighted by molar-refractivity contribution is 5.92. The minimum absolute atomic E-state index is 0.0583. The van der Waals surface area contributed by atoms with Crippen LogP contribution in [0.15, 0.2) is 55.1 Å². The summed E-state index contributed by atoms with van der Waals surface area (Å²) in [5.41, 5.74) is 0.394. The first-order valence-electron chi connectivity index (χ1n) is 16.6. The zero-order valence-electron chi connectivity index (χ0n) is 28.0. The Hall–Kier alpha value is -4.32. The highest BCUT2D eigenvalue weighted by Crippen LogP contribution is 2.67. The number of ether oxygens (including phenoxy) is 4. The van der Waals surface area contributed by atoms with E-state index in [9.17, 15) is 27.6 Å². The minimum Gasteiger partial charge on any atom is -0.483 e. The van der Waals surface area contributed by atoms with Crippen LogP contribution < -0.4 is 14.2 Å². The number of carbonyl (C=O) groups excluding carboxylic acids is 3. The second kappa shape index (κ2) is 12.9. The molecule has 0 radical (unpaired) electrons. The summed E-state index contributed by atoms with van der Waals surface area (Å²) in [6.07, 6.45) is 1.21. The molecule has 262 valence electrons. The molecule has 1 saturated heterocycles. The van der Waals surface area contributed by atoms with E-state index in [1.54, 1.807) is 17.0 Å². The van der Waals surface area contributed by atoms with Crippen LogP contribution >= 0.6 is 0 Å². The summed E-state index contributed by atoms with van der Waals surface area (Å²) in [4.78, 5) is 43.4. The fourth-order valence-corrected chi connectivity index (χ4v) is 8.83. The zero-order valence-corrected chi connectivity index (χ0v) is 28.0. The van der Waals surface area contributed by atoms with Gasteiger partial charge in [0.15, 0.2) is 11.5 Å². The van der Waals surface area contributed by atoms with Crippen LogP contribution in [0.5, 0.6) is 17.2 Å². The normalized spacial score (nSPS) is 26.9. The molecule has 6 rings (SSSR count). The number of rotatable bonds is 10. The third-order valence-corrected chi connectivity index (χ3v) is 10.2. The molecule has 2 heterocycles.